The average molecular weight is 967 g/mol. The third-order valence-corrected chi connectivity index (χ3v) is 11.8. The van der Waals surface area contributed by atoms with Crippen molar-refractivity contribution in [2.45, 2.75) is 130 Å². The van der Waals surface area contributed by atoms with Crippen LogP contribution in [0.5, 0.6) is 0 Å². The molecule has 68 heavy (non-hydrogen) atoms. The van der Waals surface area contributed by atoms with Gasteiger partial charge in [0.15, 0.2) is 6.04 Å². The molecule has 0 saturated carbocycles. The number of hydrazine groups is 1. The molecule has 24 heteroatoms. The molecule has 0 aromatic heterocycles. The van der Waals surface area contributed by atoms with Crippen LogP contribution >= 0.6 is 0 Å². The molecular formula is C44H78N12O12. The summed E-state index contributed by atoms with van der Waals surface area (Å²) in [5.74, 6) is -5.27. The van der Waals surface area contributed by atoms with Crippen molar-refractivity contribution in [1.29, 1.82) is 0 Å². The Morgan fingerprint density at radius 2 is 1.21 bits per heavy atom. The lowest BCUT2D eigenvalue weighted by atomic mass is 10.0. The van der Waals surface area contributed by atoms with Crippen LogP contribution < -0.4 is 21.8 Å². The monoisotopic (exact) mass is 967 g/mol. The van der Waals surface area contributed by atoms with Gasteiger partial charge in [-0.1, -0.05) is 41.5 Å². The zero-order chi connectivity index (χ0) is 52.3. The predicted octanol–water partition coefficient (Wildman–Crippen LogP) is 0.000300. The number of rotatable bonds is 23. The SMILES string of the molecule is CC[C@H](NC(=O)[C@H](CC(C)C)N(C)C(=O)N(C)C(=O)[C@H](CC)NN(C)C(=O)[C@H](COCCC(C)C)N(C)C(=O)NC(=O)[C@H](C)N(C)C(=O)[C@H](N)C(=O)N1CCCCC1)C(=O)N(C)C(=O)N(C)C=O. The molecule has 0 spiro atoms. The van der Waals surface area contributed by atoms with Crippen LogP contribution in [0, 0.1) is 11.8 Å². The first-order valence-corrected chi connectivity index (χ1v) is 23.0. The minimum Gasteiger partial charge on any atom is -0.379 e. The fourth-order valence-corrected chi connectivity index (χ4v) is 6.95. The van der Waals surface area contributed by atoms with Crippen molar-refractivity contribution in [1.82, 2.24) is 55.4 Å². The van der Waals surface area contributed by atoms with Crippen molar-refractivity contribution in [3.8, 4) is 0 Å². The Hall–Kier alpha value is -5.75. The maximum absolute atomic E-state index is 14.1. The van der Waals surface area contributed by atoms with Crippen LogP contribution in [-0.4, -0.2) is 217 Å². The largest absolute Gasteiger partial charge is 0.379 e. The van der Waals surface area contributed by atoms with Gasteiger partial charge in [0, 0.05) is 69.0 Å². The van der Waals surface area contributed by atoms with Gasteiger partial charge in [0.05, 0.1) is 6.61 Å². The lowest BCUT2D eigenvalue weighted by Crippen LogP contribution is -2.61. The minimum absolute atomic E-state index is 0.0529. The van der Waals surface area contributed by atoms with E-state index < -0.39 is 95.7 Å². The number of imide groups is 4. The molecule has 0 aromatic carbocycles. The molecule has 1 rings (SSSR count). The van der Waals surface area contributed by atoms with E-state index in [2.05, 4.69) is 16.1 Å². The Morgan fingerprint density at radius 1 is 0.662 bits per heavy atom. The number of hydrogen-bond donors (Lipinski definition) is 4. The second-order valence-electron chi connectivity index (χ2n) is 18.0. The molecule has 386 valence electrons. The second kappa shape index (κ2) is 28.5. The van der Waals surface area contributed by atoms with Gasteiger partial charge in [0.25, 0.3) is 11.8 Å². The molecule has 0 radical (unpaired) electrons. The fourth-order valence-electron chi connectivity index (χ4n) is 6.95. The number of hydrogen-bond acceptors (Lipinski definition) is 14. The van der Waals surface area contributed by atoms with Crippen LogP contribution in [0.1, 0.15) is 93.4 Å². The molecule has 24 nitrogen and oxygen atoms in total. The minimum atomic E-state index is -1.55. The number of carbonyl (C=O) groups is 11. The van der Waals surface area contributed by atoms with E-state index in [1.54, 1.807) is 13.8 Å². The van der Waals surface area contributed by atoms with Gasteiger partial charge in [0.1, 0.15) is 30.2 Å². The molecule has 1 heterocycles. The molecule has 0 bridgehead atoms. The Morgan fingerprint density at radius 3 is 1.72 bits per heavy atom. The van der Waals surface area contributed by atoms with E-state index in [-0.39, 0.29) is 50.7 Å². The fraction of sp³-hybridized carbons (Fsp3) is 0.750. The first-order valence-electron chi connectivity index (χ1n) is 23.0. The summed E-state index contributed by atoms with van der Waals surface area (Å²) in [6.45, 7) is 13.0. The van der Waals surface area contributed by atoms with E-state index >= 15 is 0 Å². The summed E-state index contributed by atoms with van der Waals surface area (Å²) in [7, 11) is 8.70. The average Bonchev–Trinajstić information content (AvgIpc) is 3.32. The normalized spacial score (nSPS) is 15.1. The molecule has 1 fully saturated rings. The van der Waals surface area contributed by atoms with Crippen molar-refractivity contribution in [3.63, 3.8) is 0 Å². The van der Waals surface area contributed by atoms with E-state index in [9.17, 15) is 52.7 Å². The predicted molar refractivity (Wildman–Crippen MR) is 249 cm³/mol. The van der Waals surface area contributed by atoms with Crippen LogP contribution in [0.15, 0.2) is 0 Å². The summed E-state index contributed by atoms with van der Waals surface area (Å²) in [6, 6.07) is -10.6. The maximum atomic E-state index is 14.1. The van der Waals surface area contributed by atoms with Crippen LogP contribution in [0.25, 0.3) is 0 Å². The van der Waals surface area contributed by atoms with E-state index in [1.807, 2.05) is 27.7 Å². The number of amides is 14. The summed E-state index contributed by atoms with van der Waals surface area (Å²) in [5.41, 5.74) is 8.82. The smallest absolute Gasteiger partial charge is 0.332 e. The van der Waals surface area contributed by atoms with Gasteiger partial charge >= 0.3 is 18.1 Å². The van der Waals surface area contributed by atoms with E-state index in [1.165, 1.54) is 54.1 Å². The molecular weight excluding hydrogens is 889 g/mol. The van der Waals surface area contributed by atoms with E-state index in [4.69, 9.17) is 10.5 Å². The van der Waals surface area contributed by atoms with Crippen molar-refractivity contribution in [3.05, 3.63) is 0 Å². The zero-order valence-corrected chi connectivity index (χ0v) is 42.5. The summed E-state index contributed by atoms with van der Waals surface area (Å²) >= 11 is 0. The molecule has 1 aliphatic rings. The zero-order valence-electron chi connectivity index (χ0n) is 42.5. The van der Waals surface area contributed by atoms with Gasteiger partial charge in [-0.15, -0.1) is 0 Å². The number of ether oxygens (including phenoxy) is 1. The summed E-state index contributed by atoms with van der Waals surface area (Å²) < 4.78 is 5.80. The highest BCUT2D eigenvalue weighted by molar-refractivity contribution is 6.06. The topological polar surface area (TPSA) is 285 Å². The molecule has 1 saturated heterocycles. The van der Waals surface area contributed by atoms with Crippen molar-refractivity contribution < 1.29 is 57.5 Å². The van der Waals surface area contributed by atoms with Gasteiger partial charge in [0.2, 0.25) is 35.9 Å². The number of likely N-dealkylation sites (N-methyl/N-ethyl adjacent to an activating group) is 6. The molecule has 5 N–H and O–H groups in total. The molecule has 0 aliphatic carbocycles. The van der Waals surface area contributed by atoms with Crippen molar-refractivity contribution >= 4 is 65.9 Å². The Labute approximate surface area is 400 Å². The highest BCUT2D eigenvalue weighted by atomic mass is 16.5. The lowest BCUT2D eigenvalue weighted by Gasteiger charge is -2.35. The molecule has 1 aliphatic heterocycles. The summed E-state index contributed by atoms with van der Waals surface area (Å²) in [6.07, 6.45) is 3.62. The van der Waals surface area contributed by atoms with Crippen LogP contribution in [0.3, 0.4) is 0 Å². The number of nitrogens with one attached hydrogen (secondary N) is 3. The number of carbonyl (C=O) groups excluding carboxylic acids is 11. The second-order valence-corrected chi connectivity index (χ2v) is 18.0. The van der Waals surface area contributed by atoms with Crippen LogP contribution in [-0.2, 0) is 43.1 Å². The van der Waals surface area contributed by atoms with Crippen LogP contribution in [0.2, 0.25) is 0 Å². The maximum Gasteiger partial charge on any atom is 0.332 e. The third-order valence-electron chi connectivity index (χ3n) is 11.8. The first-order chi connectivity index (χ1) is 31.7. The third kappa shape index (κ3) is 17.1. The number of piperidine rings is 1. The van der Waals surface area contributed by atoms with Crippen molar-refractivity contribution in [2.75, 3.05) is 75.6 Å². The molecule has 0 aromatic rings. The highest BCUT2D eigenvalue weighted by Crippen LogP contribution is 2.16. The number of urea groups is 3. The first kappa shape index (κ1) is 60.3. The Balaban J connectivity index is 3.24. The van der Waals surface area contributed by atoms with Crippen molar-refractivity contribution in [2.24, 2.45) is 17.6 Å². The van der Waals surface area contributed by atoms with Gasteiger partial charge in [-0.05, 0) is 63.7 Å². The van der Waals surface area contributed by atoms with Gasteiger partial charge in [-0.2, -0.15) is 0 Å². The Bertz CT molecular complexity index is 1790. The highest BCUT2D eigenvalue weighted by Gasteiger charge is 2.39. The van der Waals surface area contributed by atoms with Gasteiger partial charge in [-0.25, -0.2) is 19.8 Å². The summed E-state index contributed by atoms with van der Waals surface area (Å²) in [4.78, 5) is 152. The van der Waals surface area contributed by atoms with E-state index in [0.717, 1.165) is 50.9 Å². The summed E-state index contributed by atoms with van der Waals surface area (Å²) in [5, 5.41) is 5.76. The quantitative estimate of drug-likeness (QED) is 0.0454. The lowest BCUT2D eigenvalue weighted by molar-refractivity contribution is -0.146. The molecule has 6 atom stereocenters. The number of nitrogens with zero attached hydrogens (tertiary/aromatic N) is 8. The van der Waals surface area contributed by atoms with E-state index in [0.29, 0.717) is 29.3 Å². The standard InChI is InChI=1S/C44H78N12O12/c1-15-30(37(60)53(12)43(66)49(8)26-57)46-36(59)32(24-28(5)6)52(11)44(67)54(13)38(61)31(16-2)48-55(14)39(62)33(25-68-23-20-27(3)4)51(10)42(65)47-35(58)29(7)50(9)40(63)34(45)41(64)56-21-18-17-19-22-56/h26-34,48H,15-25,45H2,1-14H3,(H,46,59)(H,47,58,65)/t29-,30-,31-,32-,33-,34-/m0/s1. The van der Waals surface area contributed by atoms with Gasteiger partial charge in [-0.3, -0.25) is 63.4 Å². The van der Waals surface area contributed by atoms with Gasteiger partial charge < -0.3 is 35.4 Å². The molecule has 0 unspecified atom stereocenters. The van der Waals surface area contributed by atoms with Crippen LogP contribution in [0.4, 0.5) is 14.4 Å². The number of nitrogens with two attached hydrogens (primary N) is 1. The Kier molecular flexibility index (Phi) is 25.3. The molecule has 14 amide bonds. The number of likely N-dealkylation sites (tertiary alicyclic amines) is 1.